The Balaban J connectivity index is 0.0000000989. The lowest BCUT2D eigenvalue weighted by Crippen LogP contribution is -1.85. The zero-order valence-corrected chi connectivity index (χ0v) is 70.7. The zero-order valence-electron chi connectivity index (χ0n) is 61.1. The molecule has 19 aromatic carbocycles. The van der Waals surface area contributed by atoms with Gasteiger partial charge in [-0.3, -0.25) is 0 Å². The van der Waals surface area contributed by atoms with E-state index in [9.17, 15) is 0 Å². The molecule has 23 aromatic rings. The highest BCUT2D eigenvalue weighted by atomic mass is 79.9. The molecule has 0 unspecified atom stereocenters. The SMILES string of the molecule is Brc1cc(-c2ccccc2)cc(-c2cc3ccccc3c3c2sc2ccccc23)c1.Brc1ccc(-c2cc3ccccc3c3c2sc2ccccc23)cc1.Brc1ccc(-c2ccc(-c3c4ccccc4cc4c3sc3ccccc34)cc2)cc1.Brc1cccc(-c2cccc(-c3c4ccccc4cc4c3sc3ccccc34)c2)c1. The van der Waals surface area contributed by atoms with Crippen LogP contribution in [-0.2, 0) is 0 Å². The molecule has 4 heterocycles. The van der Waals surface area contributed by atoms with Crippen LogP contribution in [-0.4, -0.2) is 0 Å². The topological polar surface area (TPSA) is 0 Å². The average molecular weight is 1790 g/mol. The fraction of sp³-hybridized carbons (Fsp3) is 0. The predicted octanol–water partition coefficient (Wildman–Crippen LogP) is 35.5. The molecule has 0 aliphatic carbocycles. The predicted molar refractivity (Wildman–Crippen MR) is 516 cm³/mol. The molecule has 114 heavy (non-hydrogen) atoms. The van der Waals surface area contributed by atoms with Crippen LogP contribution < -0.4 is 0 Å². The Kier molecular flexibility index (Phi) is 19.6. The number of rotatable bonds is 7. The number of thiophene rings is 4. The Morgan fingerprint density at radius 1 is 0.158 bits per heavy atom. The van der Waals surface area contributed by atoms with Gasteiger partial charge in [0.15, 0.2) is 0 Å². The van der Waals surface area contributed by atoms with Gasteiger partial charge in [-0.05, 0) is 208 Å². The third kappa shape index (κ3) is 13.8. The normalized spacial score (nSPS) is 11.5. The lowest BCUT2D eigenvalue weighted by Gasteiger charge is -2.11. The van der Waals surface area contributed by atoms with E-state index >= 15 is 0 Å². The van der Waals surface area contributed by atoms with Gasteiger partial charge in [0.05, 0.1) is 0 Å². The standard InChI is InChI=1S/3C28H17BrS.C22H13BrS/c29-22-11-6-9-19(16-22)18-8-5-10-21(15-18)27-23-12-2-1-7-20(23)17-25-24-13-3-4-14-26(24)30-28(25)27;29-22-15-13-19(14-16-22)18-9-11-20(12-10-18)27-23-6-2-1-5-21(23)17-25-24-7-3-4-8-26(24)30-28(25)27;29-22-15-20(18-8-2-1-3-9-18)14-21(16-22)25-17-19-10-4-5-11-23(19)27-24-12-6-7-13-26(24)30-28(25)27;23-16-11-9-14(10-12-16)19-13-15-5-1-2-6-17(15)21-18-7-3-4-8-20(18)24-22(19)21/h3*1-17H;1-13H. The van der Waals surface area contributed by atoms with Gasteiger partial charge in [0.1, 0.15) is 0 Å². The molecular formula is C106H64Br4S4. The maximum atomic E-state index is 3.76. The molecule has 0 N–H and O–H groups in total. The third-order valence-electron chi connectivity index (χ3n) is 21.7. The van der Waals surface area contributed by atoms with Gasteiger partial charge in [-0.1, -0.05) is 343 Å². The van der Waals surface area contributed by atoms with Crippen molar-refractivity contribution in [3.8, 4) is 77.9 Å². The van der Waals surface area contributed by atoms with Crippen molar-refractivity contribution >= 4 is 233 Å². The minimum atomic E-state index is 1.10. The largest absolute Gasteiger partial charge is 0.135 e. The van der Waals surface area contributed by atoms with Gasteiger partial charge in [-0.25, -0.2) is 0 Å². The molecule has 0 saturated carbocycles. The minimum absolute atomic E-state index is 1.10. The van der Waals surface area contributed by atoms with Crippen molar-refractivity contribution in [1.82, 2.24) is 0 Å². The lowest BCUT2D eigenvalue weighted by molar-refractivity contribution is 1.58. The van der Waals surface area contributed by atoms with Crippen molar-refractivity contribution < 1.29 is 0 Å². The van der Waals surface area contributed by atoms with Crippen LogP contribution in [0.1, 0.15) is 0 Å². The van der Waals surface area contributed by atoms with E-state index in [4.69, 9.17) is 0 Å². The maximum Gasteiger partial charge on any atom is 0.0440 e. The molecule has 0 bridgehead atoms. The molecule has 0 nitrogen and oxygen atoms in total. The molecule has 0 radical (unpaired) electrons. The van der Waals surface area contributed by atoms with Crippen molar-refractivity contribution in [1.29, 1.82) is 0 Å². The van der Waals surface area contributed by atoms with E-state index in [1.807, 2.05) is 45.3 Å². The summed E-state index contributed by atoms with van der Waals surface area (Å²) in [7, 11) is 0. The third-order valence-corrected chi connectivity index (χ3v) is 28.5. The van der Waals surface area contributed by atoms with Crippen LogP contribution in [0.4, 0.5) is 0 Å². The van der Waals surface area contributed by atoms with Crippen molar-refractivity contribution in [2.24, 2.45) is 0 Å². The van der Waals surface area contributed by atoms with Crippen molar-refractivity contribution in [2.75, 3.05) is 0 Å². The molecular weight excluding hydrogens is 1720 g/mol. The molecule has 540 valence electrons. The number of fused-ring (bicyclic) bond motifs is 18. The lowest BCUT2D eigenvalue weighted by atomic mass is 9.93. The van der Waals surface area contributed by atoms with Crippen LogP contribution >= 0.6 is 109 Å². The van der Waals surface area contributed by atoms with E-state index in [1.54, 1.807) is 0 Å². The molecule has 0 atom stereocenters. The summed E-state index contributed by atoms with van der Waals surface area (Å²) in [5.41, 5.74) is 17.7. The van der Waals surface area contributed by atoms with Crippen LogP contribution in [0.15, 0.2) is 406 Å². The van der Waals surface area contributed by atoms with E-state index in [2.05, 4.69) is 452 Å². The Hall–Kier alpha value is -11.0. The van der Waals surface area contributed by atoms with Crippen LogP contribution in [0, 0.1) is 0 Å². The zero-order chi connectivity index (χ0) is 76.3. The second-order valence-corrected chi connectivity index (χ2v) is 36.4. The quantitative estimate of drug-likeness (QED) is 0.149. The number of benzene rings is 19. The second kappa shape index (κ2) is 31.1. The minimum Gasteiger partial charge on any atom is -0.135 e. The van der Waals surface area contributed by atoms with E-state index in [-0.39, 0.29) is 0 Å². The van der Waals surface area contributed by atoms with Crippen LogP contribution in [0.2, 0.25) is 0 Å². The number of halogens is 4. The highest BCUT2D eigenvalue weighted by Gasteiger charge is 2.21. The van der Waals surface area contributed by atoms with Crippen molar-refractivity contribution in [3.05, 3.63) is 406 Å². The van der Waals surface area contributed by atoms with Gasteiger partial charge in [-0.2, -0.15) is 0 Å². The Bertz CT molecular complexity index is 7640. The summed E-state index contributed by atoms with van der Waals surface area (Å²) in [5.74, 6) is 0. The molecule has 0 fully saturated rings. The fourth-order valence-electron chi connectivity index (χ4n) is 16.4. The molecule has 0 aliphatic rings. The average Bonchev–Trinajstić information content (AvgIpc) is 0.957. The Labute approximate surface area is 709 Å². The summed E-state index contributed by atoms with van der Waals surface area (Å²) in [6, 6.07) is 140. The van der Waals surface area contributed by atoms with Gasteiger partial charge in [-0.15, -0.1) is 45.3 Å². The first-order valence-corrected chi connectivity index (χ1v) is 44.3. The Morgan fingerprint density at radius 2 is 0.482 bits per heavy atom. The highest BCUT2D eigenvalue weighted by Crippen LogP contribution is 2.50. The molecule has 8 heteroatoms. The summed E-state index contributed by atoms with van der Waals surface area (Å²) < 4.78 is 15.2. The summed E-state index contributed by atoms with van der Waals surface area (Å²) in [6.07, 6.45) is 0. The van der Waals surface area contributed by atoms with Crippen LogP contribution in [0.3, 0.4) is 0 Å². The van der Waals surface area contributed by atoms with E-state index in [0.29, 0.717) is 0 Å². The second-order valence-electron chi connectivity index (χ2n) is 28.6. The first-order valence-electron chi connectivity index (χ1n) is 37.8. The van der Waals surface area contributed by atoms with Crippen molar-refractivity contribution in [2.45, 2.75) is 0 Å². The molecule has 0 spiro atoms. The summed E-state index contributed by atoms with van der Waals surface area (Å²) >= 11 is 22.0. The molecule has 23 rings (SSSR count). The molecule has 0 aliphatic heterocycles. The van der Waals surface area contributed by atoms with Gasteiger partial charge in [0, 0.05) is 121 Å². The first kappa shape index (κ1) is 72.0. The number of hydrogen-bond acceptors (Lipinski definition) is 4. The highest BCUT2D eigenvalue weighted by molar-refractivity contribution is 9.11. The number of hydrogen-bond donors (Lipinski definition) is 0. The maximum absolute atomic E-state index is 3.76. The van der Waals surface area contributed by atoms with E-state index in [1.165, 1.54) is 202 Å². The fourth-order valence-corrected chi connectivity index (χ4v) is 22.8. The van der Waals surface area contributed by atoms with Crippen LogP contribution in [0.25, 0.3) is 202 Å². The molecule has 0 amide bonds. The first-order chi connectivity index (χ1) is 56.1. The van der Waals surface area contributed by atoms with Crippen molar-refractivity contribution in [3.63, 3.8) is 0 Å². The smallest absolute Gasteiger partial charge is 0.0440 e. The van der Waals surface area contributed by atoms with Gasteiger partial charge in [0.25, 0.3) is 0 Å². The molecule has 0 saturated heterocycles. The summed E-state index contributed by atoms with van der Waals surface area (Å²) in [4.78, 5) is 0. The van der Waals surface area contributed by atoms with Crippen LogP contribution in [0.5, 0.6) is 0 Å². The van der Waals surface area contributed by atoms with Gasteiger partial charge in [0.2, 0.25) is 0 Å². The Morgan fingerprint density at radius 3 is 0.991 bits per heavy atom. The van der Waals surface area contributed by atoms with E-state index < -0.39 is 0 Å². The van der Waals surface area contributed by atoms with Gasteiger partial charge >= 0.3 is 0 Å². The molecule has 4 aromatic heterocycles. The summed E-state index contributed by atoms with van der Waals surface area (Å²) in [5, 5.41) is 21.3. The van der Waals surface area contributed by atoms with Gasteiger partial charge < -0.3 is 0 Å². The van der Waals surface area contributed by atoms with E-state index in [0.717, 1.165) is 17.9 Å². The summed E-state index contributed by atoms with van der Waals surface area (Å²) in [6.45, 7) is 0. The monoisotopic (exact) mass is 1780 g/mol.